The minimum atomic E-state index is -0.161. The van der Waals surface area contributed by atoms with Crippen LogP contribution < -0.4 is 0 Å². The van der Waals surface area contributed by atoms with Crippen LogP contribution in [0.5, 0.6) is 0 Å². The molecule has 0 aliphatic carbocycles. The maximum absolute atomic E-state index is 13.0. The fourth-order valence-electron chi connectivity index (χ4n) is 1.65. The Labute approximate surface area is 89.4 Å². The van der Waals surface area contributed by atoms with E-state index in [4.69, 9.17) is 0 Å². The summed E-state index contributed by atoms with van der Waals surface area (Å²) in [5.41, 5.74) is 3.41. The molecule has 2 aromatic rings. The summed E-state index contributed by atoms with van der Waals surface area (Å²) in [7, 11) is 0. The molecule has 0 atom stereocenters. The van der Waals surface area contributed by atoms with E-state index in [1.807, 2.05) is 31.2 Å². The molecule has 0 saturated heterocycles. The lowest BCUT2D eigenvalue weighted by molar-refractivity contribution is 0.625. The van der Waals surface area contributed by atoms with Crippen molar-refractivity contribution in [2.45, 2.75) is 13.3 Å². The van der Waals surface area contributed by atoms with Gasteiger partial charge in [0.1, 0.15) is 5.82 Å². The molecule has 0 fully saturated rings. The summed E-state index contributed by atoms with van der Waals surface area (Å²) in [5.74, 6) is -0.161. The summed E-state index contributed by atoms with van der Waals surface area (Å²) < 4.78 is 13.0. The van der Waals surface area contributed by atoms with Crippen LogP contribution in [-0.2, 0) is 6.42 Å². The van der Waals surface area contributed by atoms with Crippen LogP contribution in [0.15, 0.2) is 48.5 Å². The summed E-state index contributed by atoms with van der Waals surface area (Å²) in [4.78, 5) is 0. The maximum atomic E-state index is 13.0. The lowest BCUT2D eigenvalue weighted by Crippen LogP contribution is -1.92. The SMILES string of the molecule is Cc1ccc(F)cc1Cc1ccccc1. The first-order valence-electron chi connectivity index (χ1n) is 5.04. The molecule has 0 saturated carbocycles. The standard InChI is InChI=1S/C14H13F/c1-11-7-8-14(15)10-13(11)9-12-5-3-2-4-6-12/h2-8,10H,9H2,1H3. The van der Waals surface area contributed by atoms with Crippen LogP contribution >= 0.6 is 0 Å². The van der Waals surface area contributed by atoms with Gasteiger partial charge in [-0.25, -0.2) is 4.39 Å². The van der Waals surface area contributed by atoms with Crippen LogP contribution in [0.4, 0.5) is 4.39 Å². The van der Waals surface area contributed by atoms with Crippen molar-refractivity contribution in [3.63, 3.8) is 0 Å². The summed E-state index contributed by atoms with van der Waals surface area (Å²) in [6.07, 6.45) is 0.796. The molecule has 0 spiro atoms. The molecule has 0 aliphatic rings. The highest BCUT2D eigenvalue weighted by Gasteiger charge is 2.01. The average Bonchev–Trinajstić information content (AvgIpc) is 2.25. The quantitative estimate of drug-likeness (QED) is 0.693. The Morgan fingerprint density at radius 3 is 2.47 bits per heavy atom. The van der Waals surface area contributed by atoms with Gasteiger partial charge < -0.3 is 0 Å². The van der Waals surface area contributed by atoms with E-state index < -0.39 is 0 Å². The molecular formula is C14H13F. The van der Waals surface area contributed by atoms with Crippen molar-refractivity contribution in [3.05, 3.63) is 71.0 Å². The van der Waals surface area contributed by atoms with Crippen LogP contribution in [0.3, 0.4) is 0 Å². The number of benzene rings is 2. The first-order valence-corrected chi connectivity index (χ1v) is 5.04. The smallest absolute Gasteiger partial charge is 0.123 e. The Morgan fingerprint density at radius 1 is 1.00 bits per heavy atom. The van der Waals surface area contributed by atoms with Crippen molar-refractivity contribution in [1.29, 1.82) is 0 Å². The van der Waals surface area contributed by atoms with E-state index in [1.54, 1.807) is 6.07 Å². The highest BCUT2D eigenvalue weighted by atomic mass is 19.1. The zero-order valence-electron chi connectivity index (χ0n) is 8.70. The van der Waals surface area contributed by atoms with Gasteiger partial charge in [0.2, 0.25) is 0 Å². The molecule has 0 radical (unpaired) electrons. The monoisotopic (exact) mass is 200 g/mol. The Hall–Kier alpha value is -1.63. The molecule has 2 rings (SSSR count). The third-order valence-electron chi connectivity index (χ3n) is 2.55. The topological polar surface area (TPSA) is 0 Å². The molecule has 15 heavy (non-hydrogen) atoms. The third kappa shape index (κ3) is 2.44. The fourth-order valence-corrected chi connectivity index (χ4v) is 1.65. The average molecular weight is 200 g/mol. The molecule has 0 aliphatic heterocycles. The Balaban J connectivity index is 2.28. The van der Waals surface area contributed by atoms with Gasteiger partial charge in [-0.3, -0.25) is 0 Å². The van der Waals surface area contributed by atoms with Gasteiger partial charge in [0, 0.05) is 0 Å². The van der Waals surface area contributed by atoms with E-state index in [1.165, 1.54) is 11.6 Å². The summed E-state index contributed by atoms with van der Waals surface area (Å²) in [6.45, 7) is 2.01. The number of halogens is 1. The highest BCUT2D eigenvalue weighted by molar-refractivity contribution is 5.32. The normalized spacial score (nSPS) is 10.3. The summed E-state index contributed by atoms with van der Waals surface area (Å²) >= 11 is 0. The largest absolute Gasteiger partial charge is 0.207 e. The minimum absolute atomic E-state index is 0.161. The molecule has 0 heterocycles. The molecule has 0 unspecified atom stereocenters. The van der Waals surface area contributed by atoms with Gasteiger partial charge >= 0.3 is 0 Å². The van der Waals surface area contributed by atoms with Gasteiger partial charge in [-0.05, 0) is 42.2 Å². The first kappa shape index (κ1) is 9.91. The van der Waals surface area contributed by atoms with Gasteiger partial charge in [-0.1, -0.05) is 36.4 Å². The maximum Gasteiger partial charge on any atom is 0.123 e. The van der Waals surface area contributed by atoms with Crippen molar-refractivity contribution >= 4 is 0 Å². The van der Waals surface area contributed by atoms with Crippen molar-refractivity contribution in [2.75, 3.05) is 0 Å². The van der Waals surface area contributed by atoms with Crippen molar-refractivity contribution in [1.82, 2.24) is 0 Å². The fraction of sp³-hybridized carbons (Fsp3) is 0.143. The van der Waals surface area contributed by atoms with Gasteiger partial charge in [-0.15, -0.1) is 0 Å². The molecule has 0 nitrogen and oxygen atoms in total. The van der Waals surface area contributed by atoms with E-state index in [0.717, 1.165) is 17.5 Å². The Bertz CT molecular complexity index is 446. The Morgan fingerprint density at radius 2 is 1.73 bits per heavy atom. The molecule has 76 valence electrons. The van der Waals surface area contributed by atoms with E-state index in [0.29, 0.717) is 0 Å². The second-order valence-electron chi connectivity index (χ2n) is 3.73. The number of rotatable bonds is 2. The lowest BCUT2D eigenvalue weighted by atomic mass is 10.0. The minimum Gasteiger partial charge on any atom is -0.207 e. The van der Waals surface area contributed by atoms with Crippen LogP contribution in [0.25, 0.3) is 0 Å². The van der Waals surface area contributed by atoms with Crippen LogP contribution in [0, 0.1) is 12.7 Å². The van der Waals surface area contributed by atoms with Gasteiger partial charge in [0.05, 0.1) is 0 Å². The predicted molar refractivity (Wildman–Crippen MR) is 60.4 cm³/mol. The van der Waals surface area contributed by atoms with E-state index in [9.17, 15) is 4.39 Å². The van der Waals surface area contributed by atoms with Crippen molar-refractivity contribution < 1.29 is 4.39 Å². The van der Waals surface area contributed by atoms with Gasteiger partial charge in [0.25, 0.3) is 0 Å². The van der Waals surface area contributed by atoms with Crippen LogP contribution in [-0.4, -0.2) is 0 Å². The summed E-state index contributed by atoms with van der Waals surface area (Å²) in [6, 6.07) is 15.1. The highest BCUT2D eigenvalue weighted by Crippen LogP contribution is 2.14. The molecule has 0 N–H and O–H groups in total. The van der Waals surface area contributed by atoms with Gasteiger partial charge in [0.15, 0.2) is 0 Å². The first-order chi connectivity index (χ1) is 7.25. The third-order valence-corrected chi connectivity index (χ3v) is 2.55. The van der Waals surface area contributed by atoms with Crippen molar-refractivity contribution in [2.24, 2.45) is 0 Å². The van der Waals surface area contributed by atoms with Crippen molar-refractivity contribution in [3.8, 4) is 0 Å². The van der Waals surface area contributed by atoms with Crippen LogP contribution in [0.2, 0.25) is 0 Å². The Kier molecular flexibility index (Phi) is 2.82. The van der Waals surface area contributed by atoms with E-state index in [2.05, 4.69) is 12.1 Å². The predicted octanol–water partition coefficient (Wildman–Crippen LogP) is 3.72. The zero-order chi connectivity index (χ0) is 10.7. The molecular weight excluding hydrogens is 187 g/mol. The zero-order valence-corrected chi connectivity index (χ0v) is 8.70. The number of aryl methyl sites for hydroxylation is 1. The number of hydrogen-bond acceptors (Lipinski definition) is 0. The number of hydrogen-bond donors (Lipinski definition) is 0. The van der Waals surface area contributed by atoms with E-state index in [-0.39, 0.29) is 5.82 Å². The second kappa shape index (κ2) is 4.26. The molecule has 0 aromatic heterocycles. The van der Waals surface area contributed by atoms with E-state index >= 15 is 0 Å². The molecule has 0 amide bonds. The van der Waals surface area contributed by atoms with Crippen LogP contribution in [0.1, 0.15) is 16.7 Å². The lowest BCUT2D eigenvalue weighted by Gasteiger charge is -2.05. The molecule has 0 bridgehead atoms. The van der Waals surface area contributed by atoms with Gasteiger partial charge in [-0.2, -0.15) is 0 Å². The molecule has 1 heteroatoms. The summed E-state index contributed by atoms with van der Waals surface area (Å²) in [5, 5.41) is 0. The molecule has 2 aromatic carbocycles. The second-order valence-corrected chi connectivity index (χ2v) is 3.73.